The number of hydrogen-bond donors (Lipinski definition) is 2. The zero-order valence-electron chi connectivity index (χ0n) is 10.7. The molecule has 2 aliphatic rings. The number of hydrogen-bond acceptors (Lipinski definition) is 4. The number of aromatic nitrogens is 1. The third-order valence-corrected chi connectivity index (χ3v) is 4.40. The molecule has 1 aromatic rings. The van der Waals surface area contributed by atoms with Crippen molar-refractivity contribution < 1.29 is 10.2 Å². The van der Waals surface area contributed by atoms with Crippen molar-refractivity contribution in [2.75, 3.05) is 18.0 Å². The Bertz CT molecular complexity index is 418. The maximum absolute atomic E-state index is 9.90. The van der Waals surface area contributed by atoms with Crippen LogP contribution in [0.2, 0.25) is 0 Å². The smallest absolute Gasteiger partial charge is 0.128 e. The molecule has 1 saturated heterocycles. The lowest BCUT2D eigenvalue weighted by Gasteiger charge is -2.19. The van der Waals surface area contributed by atoms with Crippen LogP contribution in [-0.2, 0) is 0 Å². The Morgan fingerprint density at radius 3 is 2.78 bits per heavy atom. The molecular weight excluding hydrogens is 228 g/mol. The van der Waals surface area contributed by atoms with Gasteiger partial charge in [0.2, 0.25) is 0 Å². The predicted molar refractivity (Wildman–Crippen MR) is 69.3 cm³/mol. The molecule has 4 heteroatoms. The number of anilines is 1. The summed E-state index contributed by atoms with van der Waals surface area (Å²) in [5.74, 6) is 2.00. The molecule has 0 spiro atoms. The fourth-order valence-corrected chi connectivity index (χ4v) is 3.26. The van der Waals surface area contributed by atoms with E-state index in [1.165, 1.54) is 0 Å². The summed E-state index contributed by atoms with van der Waals surface area (Å²) in [6, 6.07) is 3.90. The average molecular weight is 248 g/mol. The second kappa shape index (κ2) is 4.52. The Morgan fingerprint density at radius 2 is 2.17 bits per heavy atom. The highest BCUT2D eigenvalue weighted by Crippen LogP contribution is 2.39. The van der Waals surface area contributed by atoms with Crippen LogP contribution in [0.4, 0.5) is 5.82 Å². The summed E-state index contributed by atoms with van der Waals surface area (Å²) >= 11 is 0. The minimum Gasteiger partial charge on any atom is -0.393 e. The SMILES string of the molecule is CC(O)c1ccc(N2CC3CCC(O)C3C2)nc1. The number of aliphatic hydroxyl groups excluding tert-OH is 2. The van der Waals surface area contributed by atoms with Crippen LogP contribution in [0.25, 0.3) is 0 Å². The summed E-state index contributed by atoms with van der Waals surface area (Å²) in [4.78, 5) is 6.67. The zero-order chi connectivity index (χ0) is 12.7. The first-order valence-corrected chi connectivity index (χ1v) is 6.72. The van der Waals surface area contributed by atoms with Gasteiger partial charge in [-0.2, -0.15) is 0 Å². The van der Waals surface area contributed by atoms with Gasteiger partial charge in [-0.1, -0.05) is 6.07 Å². The van der Waals surface area contributed by atoms with Crippen LogP contribution in [0.15, 0.2) is 18.3 Å². The molecule has 4 atom stereocenters. The van der Waals surface area contributed by atoms with Crippen molar-refractivity contribution in [3.63, 3.8) is 0 Å². The van der Waals surface area contributed by atoms with Gasteiger partial charge in [-0.15, -0.1) is 0 Å². The van der Waals surface area contributed by atoms with Gasteiger partial charge in [0.05, 0.1) is 12.2 Å². The Labute approximate surface area is 107 Å². The van der Waals surface area contributed by atoms with Crippen molar-refractivity contribution in [2.24, 2.45) is 11.8 Å². The molecule has 4 nitrogen and oxygen atoms in total. The highest BCUT2D eigenvalue weighted by Gasteiger charge is 2.42. The van der Waals surface area contributed by atoms with Crippen LogP contribution in [0.5, 0.6) is 0 Å². The summed E-state index contributed by atoms with van der Waals surface area (Å²) in [5.41, 5.74) is 0.846. The van der Waals surface area contributed by atoms with E-state index in [0.29, 0.717) is 11.8 Å². The first kappa shape index (κ1) is 11.9. The fourth-order valence-electron chi connectivity index (χ4n) is 3.26. The van der Waals surface area contributed by atoms with Gasteiger partial charge in [-0.25, -0.2) is 4.98 Å². The van der Waals surface area contributed by atoms with Crippen molar-refractivity contribution in [3.8, 4) is 0 Å². The molecule has 1 saturated carbocycles. The first-order chi connectivity index (χ1) is 8.65. The normalized spacial score (nSPS) is 32.6. The molecule has 2 fully saturated rings. The van der Waals surface area contributed by atoms with E-state index in [1.54, 1.807) is 13.1 Å². The summed E-state index contributed by atoms with van der Waals surface area (Å²) in [6.07, 6.45) is 3.24. The number of aliphatic hydroxyl groups is 2. The Kier molecular flexibility index (Phi) is 2.99. The molecule has 0 aromatic carbocycles. The summed E-state index contributed by atoms with van der Waals surface area (Å²) in [6.45, 7) is 3.66. The van der Waals surface area contributed by atoms with E-state index in [0.717, 1.165) is 37.3 Å². The zero-order valence-corrected chi connectivity index (χ0v) is 10.7. The lowest BCUT2D eigenvalue weighted by Crippen LogP contribution is -2.25. The Balaban J connectivity index is 1.73. The molecule has 3 rings (SSSR count). The van der Waals surface area contributed by atoms with Crippen molar-refractivity contribution >= 4 is 5.82 Å². The molecule has 0 radical (unpaired) electrons. The van der Waals surface area contributed by atoms with Gasteiger partial charge >= 0.3 is 0 Å². The Hall–Kier alpha value is -1.13. The van der Waals surface area contributed by atoms with Crippen LogP contribution < -0.4 is 4.90 Å². The monoisotopic (exact) mass is 248 g/mol. The molecule has 2 N–H and O–H groups in total. The molecule has 1 aliphatic carbocycles. The molecule has 18 heavy (non-hydrogen) atoms. The van der Waals surface area contributed by atoms with E-state index in [9.17, 15) is 10.2 Å². The molecule has 0 amide bonds. The minimum absolute atomic E-state index is 0.128. The van der Waals surface area contributed by atoms with Crippen LogP contribution in [-0.4, -0.2) is 34.4 Å². The van der Waals surface area contributed by atoms with E-state index in [-0.39, 0.29) is 6.10 Å². The van der Waals surface area contributed by atoms with Crippen molar-refractivity contribution in [1.82, 2.24) is 4.98 Å². The largest absolute Gasteiger partial charge is 0.393 e. The molecule has 4 unspecified atom stereocenters. The number of fused-ring (bicyclic) bond motifs is 1. The lowest BCUT2D eigenvalue weighted by atomic mass is 10.00. The van der Waals surface area contributed by atoms with Gasteiger partial charge in [-0.3, -0.25) is 0 Å². The van der Waals surface area contributed by atoms with E-state index < -0.39 is 6.10 Å². The molecular formula is C14H20N2O2. The van der Waals surface area contributed by atoms with Crippen molar-refractivity contribution in [2.45, 2.75) is 32.0 Å². The molecule has 2 heterocycles. The van der Waals surface area contributed by atoms with E-state index >= 15 is 0 Å². The summed E-state index contributed by atoms with van der Waals surface area (Å²) < 4.78 is 0. The van der Waals surface area contributed by atoms with E-state index in [1.807, 2.05) is 12.1 Å². The maximum atomic E-state index is 9.90. The summed E-state index contributed by atoms with van der Waals surface area (Å²) in [5, 5.41) is 19.4. The van der Waals surface area contributed by atoms with Gasteiger partial charge in [0, 0.05) is 25.2 Å². The van der Waals surface area contributed by atoms with Gasteiger partial charge in [0.25, 0.3) is 0 Å². The predicted octanol–water partition coefficient (Wildman–Crippen LogP) is 1.34. The molecule has 98 valence electrons. The topological polar surface area (TPSA) is 56.6 Å². The number of nitrogens with zero attached hydrogens (tertiary/aromatic N) is 2. The van der Waals surface area contributed by atoms with Gasteiger partial charge in [0.15, 0.2) is 0 Å². The van der Waals surface area contributed by atoms with Gasteiger partial charge in [-0.05, 0) is 37.3 Å². The van der Waals surface area contributed by atoms with Crippen molar-refractivity contribution in [1.29, 1.82) is 0 Å². The second-order valence-electron chi connectivity index (χ2n) is 5.60. The third kappa shape index (κ3) is 1.99. The molecule has 1 aromatic heterocycles. The Morgan fingerprint density at radius 1 is 1.33 bits per heavy atom. The number of rotatable bonds is 2. The van der Waals surface area contributed by atoms with Crippen LogP contribution in [0.3, 0.4) is 0 Å². The number of pyridine rings is 1. The molecule has 1 aliphatic heterocycles. The van der Waals surface area contributed by atoms with E-state index in [2.05, 4.69) is 9.88 Å². The lowest BCUT2D eigenvalue weighted by molar-refractivity contribution is 0.133. The minimum atomic E-state index is -0.466. The highest BCUT2D eigenvalue weighted by atomic mass is 16.3. The fraction of sp³-hybridized carbons (Fsp3) is 0.643. The van der Waals surface area contributed by atoms with E-state index in [4.69, 9.17) is 0 Å². The highest BCUT2D eigenvalue weighted by molar-refractivity contribution is 5.41. The summed E-state index contributed by atoms with van der Waals surface area (Å²) in [7, 11) is 0. The van der Waals surface area contributed by atoms with Crippen LogP contribution in [0.1, 0.15) is 31.4 Å². The molecule has 0 bridgehead atoms. The standard InChI is InChI=1S/C14H20N2O2/c1-9(17)10-3-5-14(15-6-10)16-7-11-2-4-13(18)12(11)8-16/h3,5-6,9,11-13,17-18H,2,4,7-8H2,1H3. The van der Waals surface area contributed by atoms with Crippen molar-refractivity contribution in [3.05, 3.63) is 23.9 Å². The first-order valence-electron chi connectivity index (χ1n) is 6.72. The quantitative estimate of drug-likeness (QED) is 0.829. The third-order valence-electron chi connectivity index (χ3n) is 4.40. The van der Waals surface area contributed by atoms with Gasteiger partial charge in [0.1, 0.15) is 5.82 Å². The van der Waals surface area contributed by atoms with Crippen LogP contribution >= 0.6 is 0 Å². The average Bonchev–Trinajstić information content (AvgIpc) is 2.92. The van der Waals surface area contributed by atoms with Crippen LogP contribution in [0, 0.1) is 11.8 Å². The second-order valence-corrected chi connectivity index (χ2v) is 5.60. The maximum Gasteiger partial charge on any atom is 0.128 e. The van der Waals surface area contributed by atoms with Gasteiger partial charge < -0.3 is 15.1 Å².